The lowest BCUT2D eigenvalue weighted by atomic mass is 10.2. The van der Waals surface area contributed by atoms with Gasteiger partial charge in [-0.15, -0.1) is 0 Å². The number of carbonyl (C=O) groups excluding carboxylic acids is 1. The molecule has 17 heavy (non-hydrogen) atoms. The van der Waals surface area contributed by atoms with Crippen molar-refractivity contribution in [2.75, 3.05) is 13.7 Å². The summed E-state index contributed by atoms with van der Waals surface area (Å²) in [5, 5.41) is 0. The van der Waals surface area contributed by atoms with E-state index < -0.39 is 11.6 Å². The van der Waals surface area contributed by atoms with Gasteiger partial charge in [0.05, 0.1) is 13.7 Å². The van der Waals surface area contributed by atoms with Gasteiger partial charge in [-0.25, -0.2) is 8.78 Å². The van der Waals surface area contributed by atoms with Gasteiger partial charge in [0.25, 0.3) is 0 Å². The second kappa shape index (κ2) is 11.0. The van der Waals surface area contributed by atoms with E-state index in [1.54, 1.807) is 6.92 Å². The summed E-state index contributed by atoms with van der Waals surface area (Å²) < 4.78 is 28.5. The van der Waals surface area contributed by atoms with Crippen LogP contribution in [-0.4, -0.2) is 19.6 Å². The number of esters is 1. The fraction of sp³-hybridized carbons (Fsp3) is 0.417. The largest absolute Gasteiger partial charge is 0.468 e. The number of hydrogen-bond acceptors (Lipinski definition) is 3. The molecule has 5 heteroatoms. The number of hydrogen-bond donors (Lipinski definition) is 1. The molecule has 1 aromatic carbocycles. The van der Waals surface area contributed by atoms with E-state index in [1.165, 1.54) is 19.2 Å². The van der Waals surface area contributed by atoms with Crippen molar-refractivity contribution in [3.63, 3.8) is 0 Å². The van der Waals surface area contributed by atoms with E-state index in [0.717, 1.165) is 6.07 Å². The molecule has 0 saturated heterocycles. The van der Waals surface area contributed by atoms with Crippen molar-refractivity contribution in [1.29, 1.82) is 0 Å². The maximum absolute atomic E-state index is 12.2. The van der Waals surface area contributed by atoms with Crippen molar-refractivity contribution in [1.82, 2.24) is 0 Å². The molecule has 0 aromatic heterocycles. The highest BCUT2D eigenvalue weighted by molar-refractivity contribution is 5.70. The quantitative estimate of drug-likeness (QED) is 0.775. The standard InChI is InChI=1S/C7H6F2.C3H7NO2.C2H6/c1-5-2-6(8)4-7(9)3-5;1-6-3(5)2-4;1-2/h2-4H,1H3;2,4H2,1H3;1-2H3. The maximum atomic E-state index is 12.2. The van der Waals surface area contributed by atoms with Crippen LogP contribution in [0.2, 0.25) is 0 Å². The molecule has 3 nitrogen and oxygen atoms in total. The average Bonchev–Trinajstić information content (AvgIpc) is 2.29. The second-order valence-electron chi connectivity index (χ2n) is 2.73. The highest BCUT2D eigenvalue weighted by Gasteiger charge is 1.93. The smallest absolute Gasteiger partial charge is 0.319 e. The molecular weight excluding hydrogens is 228 g/mol. The molecule has 0 radical (unpaired) electrons. The topological polar surface area (TPSA) is 52.3 Å². The third kappa shape index (κ3) is 10.8. The van der Waals surface area contributed by atoms with Gasteiger partial charge >= 0.3 is 5.97 Å². The SMILES string of the molecule is CC.COC(=O)CN.Cc1cc(F)cc(F)c1. The summed E-state index contributed by atoms with van der Waals surface area (Å²) in [6.07, 6.45) is 0. The van der Waals surface area contributed by atoms with Crippen LogP contribution in [-0.2, 0) is 9.53 Å². The Bertz CT molecular complexity index is 274. The van der Waals surface area contributed by atoms with Crippen molar-refractivity contribution in [3.05, 3.63) is 35.4 Å². The molecule has 0 aliphatic heterocycles. The fourth-order valence-electron chi connectivity index (χ4n) is 0.775. The molecule has 1 aromatic rings. The number of nitrogens with two attached hydrogens (primary N) is 1. The van der Waals surface area contributed by atoms with Crippen LogP contribution in [0.4, 0.5) is 8.78 Å². The van der Waals surface area contributed by atoms with Crippen LogP contribution < -0.4 is 5.73 Å². The molecule has 0 fully saturated rings. The van der Waals surface area contributed by atoms with E-state index in [9.17, 15) is 13.6 Å². The minimum Gasteiger partial charge on any atom is -0.468 e. The van der Waals surface area contributed by atoms with Gasteiger partial charge in [0.15, 0.2) is 0 Å². The molecule has 0 heterocycles. The van der Waals surface area contributed by atoms with Crippen LogP contribution in [0.5, 0.6) is 0 Å². The van der Waals surface area contributed by atoms with E-state index in [2.05, 4.69) is 4.74 Å². The lowest BCUT2D eigenvalue weighted by molar-refractivity contribution is -0.138. The van der Waals surface area contributed by atoms with Gasteiger partial charge in [-0.2, -0.15) is 0 Å². The van der Waals surface area contributed by atoms with Crippen molar-refractivity contribution < 1.29 is 18.3 Å². The first kappa shape index (κ1) is 17.9. The zero-order valence-corrected chi connectivity index (χ0v) is 10.6. The van der Waals surface area contributed by atoms with Gasteiger partial charge in [0, 0.05) is 6.07 Å². The Hall–Kier alpha value is -1.49. The average molecular weight is 247 g/mol. The zero-order valence-electron chi connectivity index (χ0n) is 10.6. The summed E-state index contributed by atoms with van der Waals surface area (Å²) >= 11 is 0. The second-order valence-corrected chi connectivity index (χ2v) is 2.73. The van der Waals surface area contributed by atoms with Crippen LogP contribution in [0.15, 0.2) is 18.2 Å². The summed E-state index contributed by atoms with van der Waals surface area (Å²) in [6, 6.07) is 3.42. The van der Waals surface area contributed by atoms with Crippen LogP contribution >= 0.6 is 0 Å². The predicted molar refractivity (Wildman–Crippen MR) is 63.5 cm³/mol. The monoisotopic (exact) mass is 247 g/mol. The van der Waals surface area contributed by atoms with E-state index in [-0.39, 0.29) is 12.5 Å². The van der Waals surface area contributed by atoms with Crippen molar-refractivity contribution >= 4 is 5.97 Å². The van der Waals surface area contributed by atoms with Gasteiger partial charge in [-0.3, -0.25) is 4.79 Å². The first-order valence-electron chi connectivity index (χ1n) is 5.19. The zero-order chi connectivity index (χ0) is 13.8. The van der Waals surface area contributed by atoms with Gasteiger partial charge in [-0.05, 0) is 24.6 Å². The van der Waals surface area contributed by atoms with Gasteiger partial charge < -0.3 is 10.5 Å². The number of benzene rings is 1. The van der Waals surface area contributed by atoms with Crippen LogP contribution in [0, 0.1) is 18.6 Å². The summed E-state index contributed by atoms with van der Waals surface area (Å²) in [7, 11) is 1.30. The van der Waals surface area contributed by atoms with E-state index in [0.29, 0.717) is 5.56 Å². The van der Waals surface area contributed by atoms with E-state index >= 15 is 0 Å². The highest BCUT2D eigenvalue weighted by Crippen LogP contribution is 2.05. The number of halogens is 2. The van der Waals surface area contributed by atoms with Crippen LogP contribution in [0.1, 0.15) is 19.4 Å². The first-order valence-corrected chi connectivity index (χ1v) is 5.19. The molecule has 0 amide bonds. The van der Waals surface area contributed by atoms with Crippen LogP contribution in [0.3, 0.4) is 0 Å². The summed E-state index contributed by atoms with van der Waals surface area (Å²) in [6.45, 7) is 5.61. The summed E-state index contributed by atoms with van der Waals surface area (Å²) in [5.41, 5.74) is 5.41. The Morgan fingerprint density at radius 2 is 1.65 bits per heavy atom. The minimum absolute atomic E-state index is 0.0312. The molecule has 0 atom stereocenters. The van der Waals surface area contributed by atoms with E-state index in [1.807, 2.05) is 13.8 Å². The molecule has 1 rings (SSSR count). The molecule has 0 saturated carbocycles. The number of methoxy groups -OCH3 is 1. The molecule has 0 bridgehead atoms. The number of aryl methyl sites for hydroxylation is 1. The van der Waals surface area contributed by atoms with Crippen molar-refractivity contribution in [2.45, 2.75) is 20.8 Å². The number of rotatable bonds is 1. The van der Waals surface area contributed by atoms with E-state index in [4.69, 9.17) is 5.73 Å². The van der Waals surface area contributed by atoms with Gasteiger partial charge in [0.2, 0.25) is 0 Å². The third-order valence-corrected chi connectivity index (χ3v) is 1.40. The predicted octanol–water partition coefficient (Wildman–Crippen LogP) is 2.42. The highest BCUT2D eigenvalue weighted by atomic mass is 19.1. The maximum Gasteiger partial charge on any atom is 0.319 e. The lowest BCUT2D eigenvalue weighted by Crippen LogP contribution is -2.14. The molecule has 0 spiro atoms. The first-order chi connectivity index (χ1) is 7.99. The Kier molecular flexibility index (Phi) is 11.6. The Morgan fingerprint density at radius 1 is 1.24 bits per heavy atom. The summed E-state index contributed by atoms with van der Waals surface area (Å²) in [5.74, 6) is -1.42. The molecule has 0 aliphatic carbocycles. The Morgan fingerprint density at radius 3 is 1.82 bits per heavy atom. The summed E-state index contributed by atoms with van der Waals surface area (Å²) in [4.78, 5) is 9.83. The number of ether oxygens (including phenoxy) is 1. The van der Waals surface area contributed by atoms with Crippen molar-refractivity contribution in [2.24, 2.45) is 5.73 Å². The number of carbonyl (C=O) groups is 1. The van der Waals surface area contributed by atoms with Crippen LogP contribution in [0.25, 0.3) is 0 Å². The Balaban J connectivity index is 0. The van der Waals surface area contributed by atoms with Gasteiger partial charge in [-0.1, -0.05) is 13.8 Å². The fourth-order valence-corrected chi connectivity index (χ4v) is 0.775. The molecule has 0 unspecified atom stereocenters. The molecule has 0 aliphatic rings. The third-order valence-electron chi connectivity index (χ3n) is 1.40. The molecule has 98 valence electrons. The molecular formula is C12H19F2NO2. The van der Waals surface area contributed by atoms with Crippen molar-refractivity contribution in [3.8, 4) is 0 Å². The molecule has 2 N–H and O–H groups in total. The Labute approximate surface area is 101 Å². The lowest BCUT2D eigenvalue weighted by Gasteiger charge is -1.91. The normalized spacial score (nSPS) is 8.18. The minimum atomic E-state index is -0.521. The van der Waals surface area contributed by atoms with Gasteiger partial charge in [0.1, 0.15) is 11.6 Å².